The van der Waals surface area contributed by atoms with E-state index in [2.05, 4.69) is 59.8 Å². The Bertz CT molecular complexity index is 608. The Morgan fingerprint density at radius 1 is 1.20 bits per heavy atom. The summed E-state index contributed by atoms with van der Waals surface area (Å²) in [5, 5.41) is 9.05. The van der Waals surface area contributed by atoms with Crippen molar-refractivity contribution in [1.29, 1.82) is 0 Å². The van der Waals surface area contributed by atoms with E-state index in [0.29, 0.717) is 0 Å². The van der Waals surface area contributed by atoms with Crippen molar-refractivity contribution >= 4 is 40.3 Å². The maximum atomic E-state index is 11.0. The summed E-state index contributed by atoms with van der Waals surface area (Å²) < 4.78 is 1.19. The van der Waals surface area contributed by atoms with Crippen LogP contribution in [0.1, 0.15) is 18.1 Å². The summed E-state index contributed by atoms with van der Waals surface area (Å²) in [6, 6.07) is 14.3. The maximum Gasteiger partial charge on any atom is 0.307 e. The number of hydrogen-bond acceptors (Lipinski definition) is 2. The predicted octanol–water partition coefficient (Wildman–Crippen LogP) is 4.63. The molecule has 2 rings (SSSR count). The molecule has 0 aliphatic carbocycles. The summed E-state index contributed by atoms with van der Waals surface area (Å²) in [5.74, 6) is -0.789. The summed E-state index contributed by atoms with van der Waals surface area (Å²) in [6.07, 6.45) is 0.988. The summed E-state index contributed by atoms with van der Waals surface area (Å²) >= 11 is 3.89. The van der Waals surface area contributed by atoms with Crippen molar-refractivity contribution in [2.45, 2.75) is 29.6 Å². The number of aryl methyl sites for hydroxylation is 1. The number of rotatable bonds is 5. The first-order valence-electron chi connectivity index (χ1n) is 6.35. The molecule has 0 saturated heterocycles. The number of carboxylic acids is 1. The number of carbonyl (C=O) groups is 1. The average molecular weight is 398 g/mol. The number of benzene rings is 2. The molecular weight excluding hydrogens is 383 g/mol. The lowest BCUT2D eigenvalue weighted by atomic mass is 10.1. The van der Waals surface area contributed by atoms with Gasteiger partial charge in [-0.2, -0.15) is 0 Å². The summed E-state index contributed by atoms with van der Waals surface area (Å²) in [5.41, 5.74) is 2.06. The van der Waals surface area contributed by atoms with Crippen LogP contribution in [-0.2, 0) is 17.6 Å². The Balaban J connectivity index is 2.29. The monoisotopic (exact) mass is 398 g/mol. The number of halogens is 1. The van der Waals surface area contributed by atoms with E-state index in [-0.39, 0.29) is 6.42 Å². The fraction of sp³-hybridized carbons (Fsp3) is 0.188. The Morgan fingerprint density at radius 2 is 1.90 bits per heavy atom. The third kappa shape index (κ3) is 4.24. The molecule has 0 amide bonds. The molecule has 0 bridgehead atoms. The zero-order chi connectivity index (χ0) is 14.5. The van der Waals surface area contributed by atoms with Crippen LogP contribution in [0.2, 0.25) is 0 Å². The molecule has 2 aromatic carbocycles. The van der Waals surface area contributed by atoms with E-state index in [1.165, 1.54) is 9.13 Å². The van der Waals surface area contributed by atoms with Gasteiger partial charge in [-0.15, -0.1) is 0 Å². The lowest BCUT2D eigenvalue weighted by Gasteiger charge is -2.09. The minimum atomic E-state index is -0.789. The molecule has 0 aliphatic rings. The van der Waals surface area contributed by atoms with E-state index >= 15 is 0 Å². The normalized spacial score (nSPS) is 10.5. The van der Waals surface area contributed by atoms with Crippen molar-refractivity contribution in [2.24, 2.45) is 0 Å². The minimum Gasteiger partial charge on any atom is -0.481 e. The first kappa shape index (κ1) is 15.4. The zero-order valence-electron chi connectivity index (χ0n) is 11.1. The molecule has 104 valence electrons. The van der Waals surface area contributed by atoms with Crippen LogP contribution >= 0.6 is 34.4 Å². The second kappa shape index (κ2) is 7.13. The van der Waals surface area contributed by atoms with Crippen LogP contribution in [0.25, 0.3) is 0 Å². The van der Waals surface area contributed by atoms with Crippen molar-refractivity contribution in [3.63, 3.8) is 0 Å². The Hall–Kier alpha value is -1.01. The molecule has 0 saturated carbocycles. The highest BCUT2D eigenvalue weighted by molar-refractivity contribution is 14.1. The van der Waals surface area contributed by atoms with Crippen molar-refractivity contribution < 1.29 is 9.90 Å². The quantitative estimate of drug-likeness (QED) is 0.747. The Labute approximate surface area is 136 Å². The van der Waals surface area contributed by atoms with E-state index in [0.717, 1.165) is 21.8 Å². The first-order valence-corrected chi connectivity index (χ1v) is 8.25. The number of carboxylic acid groups (broad SMARTS) is 1. The van der Waals surface area contributed by atoms with Crippen LogP contribution in [0.5, 0.6) is 0 Å². The van der Waals surface area contributed by atoms with Gasteiger partial charge in [0, 0.05) is 13.4 Å². The Kier molecular flexibility index (Phi) is 5.48. The molecule has 2 aromatic rings. The van der Waals surface area contributed by atoms with Gasteiger partial charge in [0.25, 0.3) is 0 Å². The fourth-order valence-electron chi connectivity index (χ4n) is 1.88. The second-order valence-corrected chi connectivity index (χ2v) is 6.78. The molecule has 0 aromatic heterocycles. The van der Waals surface area contributed by atoms with Crippen LogP contribution < -0.4 is 0 Å². The van der Waals surface area contributed by atoms with Crippen molar-refractivity contribution in [3.8, 4) is 0 Å². The molecule has 0 unspecified atom stereocenters. The summed E-state index contributed by atoms with van der Waals surface area (Å²) in [6.45, 7) is 2.08. The summed E-state index contributed by atoms with van der Waals surface area (Å²) in [4.78, 5) is 13.2. The SMILES string of the molecule is CCc1ccc(Sc2ccc(I)cc2)c(CC(=O)O)c1. The molecule has 1 N–H and O–H groups in total. The van der Waals surface area contributed by atoms with E-state index in [4.69, 9.17) is 5.11 Å². The highest BCUT2D eigenvalue weighted by Crippen LogP contribution is 2.31. The molecule has 4 heteroatoms. The van der Waals surface area contributed by atoms with Gasteiger partial charge in [-0.05, 0) is 70.5 Å². The molecule has 0 radical (unpaired) electrons. The smallest absolute Gasteiger partial charge is 0.307 e. The molecule has 0 fully saturated rings. The maximum absolute atomic E-state index is 11.0. The van der Waals surface area contributed by atoms with E-state index in [9.17, 15) is 4.79 Å². The largest absolute Gasteiger partial charge is 0.481 e. The van der Waals surface area contributed by atoms with Crippen LogP contribution in [-0.4, -0.2) is 11.1 Å². The molecule has 20 heavy (non-hydrogen) atoms. The van der Waals surface area contributed by atoms with E-state index in [1.54, 1.807) is 11.8 Å². The Morgan fingerprint density at radius 3 is 2.50 bits per heavy atom. The van der Waals surface area contributed by atoms with Crippen molar-refractivity contribution in [2.75, 3.05) is 0 Å². The molecule has 2 nitrogen and oxygen atoms in total. The van der Waals surface area contributed by atoms with Gasteiger partial charge >= 0.3 is 5.97 Å². The van der Waals surface area contributed by atoms with Gasteiger partial charge in [0.05, 0.1) is 6.42 Å². The summed E-state index contributed by atoms with van der Waals surface area (Å²) in [7, 11) is 0. The van der Waals surface area contributed by atoms with Gasteiger partial charge < -0.3 is 5.11 Å². The van der Waals surface area contributed by atoms with Crippen molar-refractivity contribution in [3.05, 3.63) is 57.2 Å². The predicted molar refractivity (Wildman–Crippen MR) is 90.4 cm³/mol. The minimum absolute atomic E-state index is 0.0700. The lowest BCUT2D eigenvalue weighted by Crippen LogP contribution is -2.02. The van der Waals surface area contributed by atoms with Crippen LogP contribution in [0.4, 0.5) is 0 Å². The highest BCUT2D eigenvalue weighted by atomic mass is 127. The van der Waals surface area contributed by atoms with Gasteiger partial charge in [-0.25, -0.2) is 0 Å². The standard InChI is InChI=1S/C16H15IO2S/c1-2-11-3-8-15(12(9-11)10-16(18)19)20-14-6-4-13(17)5-7-14/h3-9H,2,10H2,1H3,(H,18,19). The number of hydrogen-bond donors (Lipinski definition) is 1. The van der Waals surface area contributed by atoms with Gasteiger partial charge in [0.2, 0.25) is 0 Å². The molecule has 0 heterocycles. The van der Waals surface area contributed by atoms with E-state index < -0.39 is 5.97 Å². The van der Waals surface area contributed by atoms with Crippen LogP contribution in [0.3, 0.4) is 0 Å². The van der Waals surface area contributed by atoms with Gasteiger partial charge in [-0.3, -0.25) is 4.79 Å². The van der Waals surface area contributed by atoms with Gasteiger partial charge in [-0.1, -0.05) is 30.8 Å². The second-order valence-electron chi connectivity index (χ2n) is 4.42. The average Bonchev–Trinajstić information content (AvgIpc) is 2.42. The first-order chi connectivity index (χ1) is 9.58. The molecule has 0 spiro atoms. The zero-order valence-corrected chi connectivity index (χ0v) is 14.1. The molecular formula is C16H15IO2S. The van der Waals surface area contributed by atoms with Gasteiger partial charge in [0.1, 0.15) is 0 Å². The topological polar surface area (TPSA) is 37.3 Å². The van der Waals surface area contributed by atoms with E-state index in [1.807, 2.05) is 12.1 Å². The lowest BCUT2D eigenvalue weighted by molar-refractivity contribution is -0.136. The van der Waals surface area contributed by atoms with Crippen molar-refractivity contribution in [1.82, 2.24) is 0 Å². The fourth-order valence-corrected chi connectivity index (χ4v) is 3.17. The molecule has 0 aliphatic heterocycles. The number of aliphatic carboxylic acids is 1. The third-order valence-corrected chi connectivity index (χ3v) is 4.76. The highest BCUT2D eigenvalue weighted by Gasteiger charge is 2.09. The third-order valence-electron chi connectivity index (χ3n) is 2.92. The van der Waals surface area contributed by atoms with Crippen LogP contribution in [0.15, 0.2) is 52.3 Å². The molecule has 0 atom stereocenters. The van der Waals surface area contributed by atoms with Crippen LogP contribution in [0, 0.1) is 3.57 Å². The van der Waals surface area contributed by atoms with Gasteiger partial charge in [0.15, 0.2) is 0 Å².